The van der Waals surface area contributed by atoms with Gasteiger partial charge < -0.3 is 0 Å². The predicted molar refractivity (Wildman–Crippen MR) is 103 cm³/mol. The fourth-order valence-electron chi connectivity index (χ4n) is 2.58. The molecule has 0 spiro atoms. The molecule has 0 unspecified atom stereocenters. The second-order valence-corrected chi connectivity index (χ2v) is 6.06. The van der Waals surface area contributed by atoms with Gasteiger partial charge in [-0.2, -0.15) is 0 Å². The van der Waals surface area contributed by atoms with E-state index in [-0.39, 0.29) is 0 Å². The summed E-state index contributed by atoms with van der Waals surface area (Å²) in [5, 5.41) is 1.11. The molecule has 0 bridgehead atoms. The highest BCUT2D eigenvalue weighted by Crippen LogP contribution is 2.30. The van der Waals surface area contributed by atoms with Crippen LogP contribution < -0.4 is 0 Å². The molecule has 0 aliphatic heterocycles. The van der Waals surface area contributed by atoms with Crippen LogP contribution in [0.4, 0.5) is 0 Å². The lowest BCUT2D eigenvalue weighted by Gasteiger charge is -2.11. The van der Waals surface area contributed by atoms with Crippen molar-refractivity contribution >= 4 is 32.4 Å². The molecule has 3 aromatic rings. The molecule has 2 heteroatoms. The van der Waals surface area contributed by atoms with Crippen molar-refractivity contribution in [3.05, 3.63) is 96.0 Å². The number of benzene rings is 2. The second-order valence-electron chi connectivity index (χ2n) is 5.14. The van der Waals surface area contributed by atoms with Crippen LogP contribution in [0.2, 0.25) is 0 Å². The summed E-state index contributed by atoms with van der Waals surface area (Å²) < 4.78 is 1.06. The van der Waals surface area contributed by atoms with E-state index in [1.165, 1.54) is 0 Å². The number of halogens is 1. The molecule has 0 N–H and O–H groups in total. The van der Waals surface area contributed by atoms with Crippen molar-refractivity contribution in [3.63, 3.8) is 0 Å². The quantitative estimate of drug-likeness (QED) is 0.488. The molecular weight excluding hydrogens is 346 g/mol. The zero-order valence-electron chi connectivity index (χ0n) is 12.7. The van der Waals surface area contributed by atoms with Crippen LogP contribution in [-0.2, 0) is 0 Å². The molecule has 1 heterocycles. The van der Waals surface area contributed by atoms with E-state index in [1.54, 1.807) is 6.08 Å². The van der Waals surface area contributed by atoms with Crippen molar-refractivity contribution < 1.29 is 0 Å². The van der Waals surface area contributed by atoms with Crippen LogP contribution in [0.5, 0.6) is 0 Å². The van der Waals surface area contributed by atoms with E-state index in [2.05, 4.69) is 53.4 Å². The lowest BCUT2D eigenvalue weighted by molar-refractivity contribution is 1.39. The van der Waals surface area contributed by atoms with Crippen molar-refractivity contribution in [3.8, 4) is 11.3 Å². The molecule has 0 atom stereocenters. The Balaban J connectivity index is 2.29. The third-order valence-electron chi connectivity index (χ3n) is 3.68. The van der Waals surface area contributed by atoms with Crippen LogP contribution >= 0.6 is 15.9 Å². The molecule has 0 aliphatic rings. The summed E-state index contributed by atoms with van der Waals surface area (Å²) in [5.74, 6) is 0. The van der Waals surface area contributed by atoms with Gasteiger partial charge in [0.05, 0.1) is 11.2 Å². The molecule has 0 fully saturated rings. The zero-order chi connectivity index (χ0) is 16.2. The fourth-order valence-corrected chi connectivity index (χ4v) is 2.84. The first-order chi connectivity index (χ1) is 11.2. The number of pyridine rings is 1. The maximum atomic E-state index is 4.81. The number of hydrogen-bond acceptors (Lipinski definition) is 1. The summed E-state index contributed by atoms with van der Waals surface area (Å²) in [6, 6.07) is 18.5. The van der Waals surface area contributed by atoms with Gasteiger partial charge in [0.15, 0.2) is 0 Å². The minimum atomic E-state index is 0.947. The van der Waals surface area contributed by atoms with Gasteiger partial charge in [-0.15, -0.1) is 0 Å². The smallest absolute Gasteiger partial charge is 0.0715 e. The first-order valence-electron chi connectivity index (χ1n) is 7.34. The van der Waals surface area contributed by atoms with Gasteiger partial charge in [0, 0.05) is 15.4 Å². The number of fused-ring (bicyclic) bond motifs is 1. The maximum absolute atomic E-state index is 4.81. The van der Waals surface area contributed by atoms with Gasteiger partial charge in [0.25, 0.3) is 0 Å². The summed E-state index contributed by atoms with van der Waals surface area (Å²) >= 11 is 3.47. The van der Waals surface area contributed by atoms with Gasteiger partial charge in [-0.25, -0.2) is 4.98 Å². The molecule has 0 radical (unpaired) electrons. The Bertz CT molecular complexity index is 905. The van der Waals surface area contributed by atoms with E-state index < -0.39 is 0 Å². The Morgan fingerprint density at radius 2 is 1.74 bits per heavy atom. The molecule has 0 saturated heterocycles. The van der Waals surface area contributed by atoms with Gasteiger partial charge in [0.2, 0.25) is 0 Å². The van der Waals surface area contributed by atoms with Crippen LogP contribution in [0.3, 0.4) is 0 Å². The number of nitrogens with zero attached hydrogens (tertiary/aromatic N) is 1. The Morgan fingerprint density at radius 1 is 1.00 bits per heavy atom. The Hall–Kier alpha value is -2.45. The number of rotatable bonds is 4. The lowest BCUT2D eigenvalue weighted by Crippen LogP contribution is -1.91. The van der Waals surface area contributed by atoms with Crippen molar-refractivity contribution in [1.82, 2.24) is 4.98 Å². The van der Waals surface area contributed by atoms with Crippen molar-refractivity contribution in [1.29, 1.82) is 0 Å². The summed E-state index contributed by atoms with van der Waals surface area (Å²) in [4.78, 5) is 4.81. The molecule has 1 aromatic heterocycles. The summed E-state index contributed by atoms with van der Waals surface area (Å²) in [5.41, 5.74) is 5.16. The van der Waals surface area contributed by atoms with E-state index in [0.717, 1.165) is 37.8 Å². The highest BCUT2D eigenvalue weighted by Gasteiger charge is 2.09. The Kier molecular flexibility index (Phi) is 4.54. The molecule has 3 rings (SSSR count). The van der Waals surface area contributed by atoms with Crippen LogP contribution in [0.15, 0.2) is 90.5 Å². The van der Waals surface area contributed by atoms with Gasteiger partial charge in [0.1, 0.15) is 0 Å². The van der Waals surface area contributed by atoms with E-state index in [4.69, 9.17) is 4.98 Å². The first-order valence-corrected chi connectivity index (χ1v) is 8.13. The van der Waals surface area contributed by atoms with Gasteiger partial charge in [-0.05, 0) is 35.4 Å². The Labute approximate surface area is 144 Å². The van der Waals surface area contributed by atoms with E-state index in [9.17, 15) is 0 Å². The molecule has 1 nitrogen and oxygen atoms in total. The standard InChI is InChI=1S/C21H16BrN/c1-3-7-15(4-2)19-14-21(16-10-12-17(22)13-11-16)23-20-9-6-5-8-18(19)20/h3-14H,1-2H2/b15-7+. The lowest BCUT2D eigenvalue weighted by atomic mass is 9.98. The minimum Gasteiger partial charge on any atom is -0.248 e. The highest BCUT2D eigenvalue weighted by molar-refractivity contribution is 9.10. The summed E-state index contributed by atoms with van der Waals surface area (Å²) in [6.07, 6.45) is 5.61. The van der Waals surface area contributed by atoms with Crippen LogP contribution in [0.25, 0.3) is 27.7 Å². The van der Waals surface area contributed by atoms with Crippen molar-refractivity contribution in [2.24, 2.45) is 0 Å². The topological polar surface area (TPSA) is 12.9 Å². The largest absolute Gasteiger partial charge is 0.248 e. The number of para-hydroxylation sites is 1. The van der Waals surface area contributed by atoms with Crippen LogP contribution in [0.1, 0.15) is 5.56 Å². The van der Waals surface area contributed by atoms with Crippen LogP contribution in [-0.4, -0.2) is 4.98 Å². The van der Waals surface area contributed by atoms with E-state index in [0.29, 0.717) is 0 Å². The van der Waals surface area contributed by atoms with Crippen molar-refractivity contribution in [2.75, 3.05) is 0 Å². The second kappa shape index (κ2) is 6.76. The summed E-state index contributed by atoms with van der Waals surface area (Å²) in [6.45, 7) is 7.73. The molecule has 0 saturated carbocycles. The minimum absolute atomic E-state index is 0.947. The third kappa shape index (κ3) is 3.17. The molecule has 23 heavy (non-hydrogen) atoms. The van der Waals surface area contributed by atoms with Gasteiger partial charge in [-0.1, -0.05) is 77.6 Å². The average Bonchev–Trinajstić information content (AvgIpc) is 2.59. The highest BCUT2D eigenvalue weighted by atomic mass is 79.9. The van der Waals surface area contributed by atoms with E-state index >= 15 is 0 Å². The molecule has 112 valence electrons. The normalized spacial score (nSPS) is 11.4. The maximum Gasteiger partial charge on any atom is 0.0715 e. The summed E-state index contributed by atoms with van der Waals surface area (Å²) in [7, 11) is 0. The first kappa shape index (κ1) is 15.4. The van der Waals surface area contributed by atoms with Crippen LogP contribution in [0, 0.1) is 0 Å². The number of aromatic nitrogens is 1. The molecule has 0 aliphatic carbocycles. The number of hydrogen-bond donors (Lipinski definition) is 0. The zero-order valence-corrected chi connectivity index (χ0v) is 14.3. The fraction of sp³-hybridized carbons (Fsp3) is 0. The average molecular weight is 362 g/mol. The molecule has 2 aromatic carbocycles. The molecule has 0 amide bonds. The number of allylic oxidation sites excluding steroid dienone is 4. The third-order valence-corrected chi connectivity index (χ3v) is 4.21. The van der Waals surface area contributed by atoms with E-state index in [1.807, 2.05) is 42.5 Å². The Morgan fingerprint density at radius 3 is 2.43 bits per heavy atom. The van der Waals surface area contributed by atoms with Gasteiger partial charge >= 0.3 is 0 Å². The predicted octanol–water partition coefficient (Wildman–Crippen LogP) is 6.42. The monoisotopic (exact) mass is 361 g/mol. The SMILES string of the molecule is C=C/C=C(\C=C)c1cc(-c2ccc(Br)cc2)nc2ccccc12. The molecular formula is C21H16BrN. The van der Waals surface area contributed by atoms with Gasteiger partial charge in [-0.3, -0.25) is 0 Å². The van der Waals surface area contributed by atoms with Crippen molar-refractivity contribution in [2.45, 2.75) is 0 Å².